The van der Waals surface area contributed by atoms with Gasteiger partial charge in [-0.2, -0.15) is 13.2 Å². The van der Waals surface area contributed by atoms with Crippen molar-refractivity contribution in [3.63, 3.8) is 0 Å². The Balaban J connectivity index is 2.07. The quantitative estimate of drug-likeness (QED) is 0.309. The average molecular weight is 604 g/mol. The molecule has 1 N–H and O–H groups in total. The molecule has 0 aromatic heterocycles. The molecule has 1 atom stereocenters. The summed E-state index contributed by atoms with van der Waals surface area (Å²) in [6.45, 7) is 5.31. The average Bonchev–Trinajstić information content (AvgIpc) is 2.92. The van der Waals surface area contributed by atoms with Gasteiger partial charge in [0.05, 0.1) is 17.5 Å². The minimum atomic E-state index is -4.71. The molecule has 0 unspecified atom stereocenters. The van der Waals surface area contributed by atoms with Crippen molar-refractivity contribution in [3.8, 4) is 0 Å². The van der Waals surface area contributed by atoms with E-state index >= 15 is 0 Å². The third-order valence-corrected chi connectivity index (χ3v) is 7.71. The Hall–Kier alpha value is -3.86. The van der Waals surface area contributed by atoms with Crippen LogP contribution in [0.15, 0.2) is 78.9 Å². The van der Waals surface area contributed by atoms with E-state index in [1.54, 1.807) is 0 Å². The number of carbonyl (C=O) groups is 2. The topological polar surface area (TPSA) is 86.8 Å². The summed E-state index contributed by atoms with van der Waals surface area (Å²) in [6.07, 6.45) is -3.75. The third-order valence-electron chi connectivity index (χ3n) is 6.57. The minimum absolute atomic E-state index is 0.0219. The van der Waals surface area contributed by atoms with Crippen LogP contribution in [0.3, 0.4) is 0 Å². The molecular formula is C31H36F3N3O4S. The van der Waals surface area contributed by atoms with Gasteiger partial charge >= 0.3 is 6.18 Å². The third kappa shape index (κ3) is 9.34. The molecule has 0 fully saturated rings. The zero-order chi connectivity index (χ0) is 31.1. The van der Waals surface area contributed by atoms with Gasteiger partial charge < -0.3 is 10.2 Å². The predicted octanol–water partition coefficient (Wildman–Crippen LogP) is 5.19. The highest BCUT2D eigenvalue weighted by Crippen LogP contribution is 2.32. The number of nitrogens with one attached hydrogen (secondary N) is 1. The first-order chi connectivity index (χ1) is 19.6. The highest BCUT2D eigenvalue weighted by molar-refractivity contribution is 7.92. The first kappa shape index (κ1) is 32.7. The van der Waals surface area contributed by atoms with Crippen molar-refractivity contribution in [1.29, 1.82) is 0 Å². The first-order valence-electron chi connectivity index (χ1n) is 13.5. The number of rotatable bonds is 12. The summed E-state index contributed by atoms with van der Waals surface area (Å²) in [5, 5.41) is 2.88. The lowest BCUT2D eigenvalue weighted by atomic mass is 10.0. The Morgan fingerprint density at radius 3 is 2.12 bits per heavy atom. The number of aryl methyl sites for hydroxylation is 1. The van der Waals surface area contributed by atoms with Gasteiger partial charge in [0.1, 0.15) is 12.6 Å². The molecule has 42 heavy (non-hydrogen) atoms. The van der Waals surface area contributed by atoms with Crippen LogP contribution in [-0.4, -0.2) is 50.5 Å². The molecule has 3 rings (SSSR count). The number of hydrogen-bond acceptors (Lipinski definition) is 4. The summed E-state index contributed by atoms with van der Waals surface area (Å²) in [6, 6.07) is 19.2. The summed E-state index contributed by atoms with van der Waals surface area (Å²) < 4.78 is 66.6. The molecule has 11 heteroatoms. The fourth-order valence-electron chi connectivity index (χ4n) is 4.32. The van der Waals surface area contributed by atoms with Crippen molar-refractivity contribution in [2.24, 2.45) is 5.92 Å². The Bertz CT molecular complexity index is 1460. The van der Waals surface area contributed by atoms with Crippen LogP contribution >= 0.6 is 0 Å². The number of alkyl halides is 3. The summed E-state index contributed by atoms with van der Waals surface area (Å²) >= 11 is 0. The predicted molar refractivity (Wildman–Crippen MR) is 157 cm³/mol. The highest BCUT2D eigenvalue weighted by Gasteiger charge is 2.35. The van der Waals surface area contributed by atoms with Crippen LogP contribution in [0.5, 0.6) is 0 Å². The Labute approximate surface area is 245 Å². The van der Waals surface area contributed by atoms with E-state index in [4.69, 9.17) is 0 Å². The van der Waals surface area contributed by atoms with Gasteiger partial charge in [-0.1, -0.05) is 80.1 Å². The molecule has 226 valence electrons. The van der Waals surface area contributed by atoms with Crippen LogP contribution in [0.4, 0.5) is 18.9 Å². The van der Waals surface area contributed by atoms with Crippen LogP contribution in [0, 0.1) is 12.8 Å². The molecule has 0 radical (unpaired) electrons. The molecule has 0 aliphatic heterocycles. The van der Waals surface area contributed by atoms with E-state index in [1.165, 1.54) is 11.0 Å². The summed E-state index contributed by atoms with van der Waals surface area (Å²) in [5.74, 6) is -1.02. The molecule has 3 aromatic carbocycles. The number of sulfonamides is 1. The van der Waals surface area contributed by atoms with Crippen molar-refractivity contribution in [1.82, 2.24) is 10.2 Å². The second kappa shape index (κ2) is 13.9. The van der Waals surface area contributed by atoms with Crippen molar-refractivity contribution in [2.45, 2.75) is 46.0 Å². The molecule has 0 bridgehead atoms. The molecule has 0 saturated heterocycles. The minimum Gasteiger partial charge on any atom is -0.354 e. The van der Waals surface area contributed by atoms with Crippen molar-refractivity contribution >= 4 is 27.5 Å². The lowest BCUT2D eigenvalue weighted by Crippen LogP contribution is -2.53. The van der Waals surface area contributed by atoms with Crippen LogP contribution in [0.1, 0.15) is 36.1 Å². The number of halogens is 3. The summed E-state index contributed by atoms with van der Waals surface area (Å²) in [5.41, 5.74) is 1.11. The van der Waals surface area contributed by atoms with Crippen molar-refractivity contribution in [3.05, 3.63) is 101 Å². The fourth-order valence-corrected chi connectivity index (χ4v) is 5.16. The van der Waals surface area contributed by atoms with Gasteiger partial charge in [-0.15, -0.1) is 0 Å². The van der Waals surface area contributed by atoms with Crippen LogP contribution in [0.2, 0.25) is 0 Å². The van der Waals surface area contributed by atoms with Gasteiger partial charge in [0, 0.05) is 19.5 Å². The van der Waals surface area contributed by atoms with Crippen LogP contribution in [0.25, 0.3) is 0 Å². The van der Waals surface area contributed by atoms with Crippen molar-refractivity contribution in [2.75, 3.05) is 23.7 Å². The molecule has 2 amide bonds. The van der Waals surface area contributed by atoms with Gasteiger partial charge in [0.2, 0.25) is 21.8 Å². The van der Waals surface area contributed by atoms with Crippen LogP contribution < -0.4 is 9.62 Å². The zero-order valence-corrected chi connectivity index (χ0v) is 24.9. The maximum atomic E-state index is 14.0. The second-order valence-corrected chi connectivity index (χ2v) is 12.6. The monoisotopic (exact) mass is 603 g/mol. The number of hydrogen-bond donors (Lipinski definition) is 1. The molecular weight excluding hydrogens is 567 g/mol. The van der Waals surface area contributed by atoms with E-state index < -0.39 is 46.2 Å². The fraction of sp³-hybridized carbons (Fsp3) is 0.355. The number of amides is 2. The summed E-state index contributed by atoms with van der Waals surface area (Å²) in [7, 11) is -4.20. The molecule has 0 heterocycles. The van der Waals surface area contributed by atoms with Gasteiger partial charge in [-0.05, 0) is 42.2 Å². The second-order valence-electron chi connectivity index (χ2n) is 10.7. The zero-order valence-electron chi connectivity index (χ0n) is 24.1. The maximum Gasteiger partial charge on any atom is 0.416 e. The molecule has 0 saturated carbocycles. The van der Waals surface area contributed by atoms with Gasteiger partial charge in [-0.3, -0.25) is 13.9 Å². The number of nitrogens with zero attached hydrogens (tertiary/aromatic N) is 2. The molecule has 0 spiro atoms. The molecule has 7 nitrogen and oxygen atoms in total. The van der Waals surface area contributed by atoms with E-state index in [-0.39, 0.29) is 24.6 Å². The number of benzene rings is 3. The van der Waals surface area contributed by atoms with Gasteiger partial charge in [0.15, 0.2) is 0 Å². The number of anilines is 1. The Morgan fingerprint density at radius 2 is 1.55 bits per heavy atom. The van der Waals surface area contributed by atoms with Crippen molar-refractivity contribution < 1.29 is 31.2 Å². The van der Waals surface area contributed by atoms with Gasteiger partial charge in [-0.25, -0.2) is 8.42 Å². The van der Waals surface area contributed by atoms with E-state index in [0.29, 0.717) is 22.5 Å². The van der Waals surface area contributed by atoms with E-state index in [2.05, 4.69) is 5.32 Å². The van der Waals surface area contributed by atoms with E-state index in [0.717, 1.165) is 29.5 Å². The van der Waals surface area contributed by atoms with Gasteiger partial charge in [0.25, 0.3) is 0 Å². The van der Waals surface area contributed by atoms with Crippen LogP contribution in [-0.2, 0) is 38.8 Å². The summed E-state index contributed by atoms with van der Waals surface area (Å²) in [4.78, 5) is 28.9. The maximum absolute atomic E-state index is 14.0. The van der Waals surface area contributed by atoms with E-state index in [1.807, 2.05) is 75.4 Å². The Morgan fingerprint density at radius 1 is 0.905 bits per heavy atom. The standard InChI is InChI=1S/C31H36F3N3O4S/c1-22(2)19-35-30(39)28(17-24-9-6-5-7-10-24)36(20-25-15-13-23(3)14-16-25)29(38)21-37(42(4,40)41)27-12-8-11-26(18-27)31(32,33)34/h5-16,18,22,28H,17,19-21H2,1-4H3,(H,35,39)/t28-/m0/s1. The number of carbonyl (C=O) groups excluding carboxylic acids is 2. The largest absolute Gasteiger partial charge is 0.416 e. The Kier molecular flexibility index (Phi) is 10.8. The lowest BCUT2D eigenvalue weighted by molar-refractivity contribution is -0.140. The normalized spacial score (nSPS) is 12.6. The smallest absolute Gasteiger partial charge is 0.354 e. The highest BCUT2D eigenvalue weighted by atomic mass is 32.2. The lowest BCUT2D eigenvalue weighted by Gasteiger charge is -2.33. The molecule has 0 aliphatic rings. The first-order valence-corrected chi connectivity index (χ1v) is 15.3. The molecule has 3 aromatic rings. The van der Waals surface area contributed by atoms with E-state index in [9.17, 15) is 31.2 Å². The molecule has 0 aliphatic carbocycles. The SMILES string of the molecule is Cc1ccc(CN(C(=O)CN(c2cccc(C(F)(F)F)c2)S(C)(=O)=O)[C@@H](Cc2ccccc2)C(=O)NCC(C)C)cc1.